The van der Waals surface area contributed by atoms with Crippen LogP contribution in [0.2, 0.25) is 0 Å². The van der Waals surface area contributed by atoms with Crippen LogP contribution >= 0.6 is 0 Å². The highest BCUT2D eigenvalue weighted by Crippen LogP contribution is 2.08. The summed E-state index contributed by atoms with van der Waals surface area (Å²) in [5.41, 5.74) is 0.408. The van der Waals surface area contributed by atoms with Crippen molar-refractivity contribution in [3.63, 3.8) is 0 Å². The molecular formula is C13H12O4. The van der Waals surface area contributed by atoms with E-state index in [0.717, 1.165) is 0 Å². The minimum atomic E-state index is -1.20. The Balaban J connectivity index is 1.91. The van der Waals surface area contributed by atoms with E-state index in [-0.39, 0.29) is 6.42 Å². The summed E-state index contributed by atoms with van der Waals surface area (Å²) in [5, 5.41) is 9.55. The number of aliphatic hydroxyl groups is 1. The summed E-state index contributed by atoms with van der Waals surface area (Å²) in [7, 11) is 0. The molecule has 17 heavy (non-hydrogen) atoms. The van der Waals surface area contributed by atoms with Gasteiger partial charge in [0.2, 0.25) is 6.29 Å². The summed E-state index contributed by atoms with van der Waals surface area (Å²) in [6.45, 7) is 0. The van der Waals surface area contributed by atoms with Crippen molar-refractivity contribution in [3.8, 4) is 0 Å². The molecule has 0 saturated heterocycles. The molecule has 0 unspecified atom stereocenters. The Morgan fingerprint density at radius 3 is 2.65 bits per heavy atom. The number of carbonyl (C=O) groups is 1. The van der Waals surface area contributed by atoms with Gasteiger partial charge in [-0.25, -0.2) is 4.79 Å². The van der Waals surface area contributed by atoms with Gasteiger partial charge in [-0.1, -0.05) is 18.2 Å². The fourth-order valence-electron chi connectivity index (χ4n) is 1.41. The standard InChI is InChI=1S/C13H12O4/c14-12(9-11-7-4-8-16-11)17-13(15)10-5-2-1-3-6-10/h1-8,12,14H,9H2/t12-/m0/s1. The molecule has 0 amide bonds. The maximum atomic E-state index is 11.6. The first-order valence-corrected chi connectivity index (χ1v) is 5.22. The molecule has 88 valence electrons. The molecule has 0 spiro atoms. The van der Waals surface area contributed by atoms with Gasteiger partial charge in [0, 0.05) is 0 Å². The van der Waals surface area contributed by atoms with Crippen LogP contribution in [0, 0.1) is 0 Å². The van der Waals surface area contributed by atoms with Gasteiger partial charge < -0.3 is 14.3 Å². The zero-order chi connectivity index (χ0) is 12.1. The third-order valence-electron chi connectivity index (χ3n) is 2.21. The van der Waals surface area contributed by atoms with Crippen molar-refractivity contribution in [1.82, 2.24) is 0 Å². The van der Waals surface area contributed by atoms with Crippen molar-refractivity contribution in [1.29, 1.82) is 0 Å². The highest BCUT2D eigenvalue weighted by atomic mass is 16.6. The number of carbonyl (C=O) groups excluding carboxylic acids is 1. The van der Waals surface area contributed by atoms with E-state index in [1.807, 2.05) is 0 Å². The first-order valence-electron chi connectivity index (χ1n) is 5.22. The fraction of sp³-hybridized carbons (Fsp3) is 0.154. The van der Waals surface area contributed by atoms with Crippen LogP contribution in [0.3, 0.4) is 0 Å². The topological polar surface area (TPSA) is 59.7 Å². The Morgan fingerprint density at radius 2 is 2.00 bits per heavy atom. The lowest BCUT2D eigenvalue weighted by molar-refractivity contribution is -0.0654. The molecule has 1 atom stereocenters. The maximum absolute atomic E-state index is 11.6. The van der Waals surface area contributed by atoms with E-state index >= 15 is 0 Å². The second-order valence-electron chi connectivity index (χ2n) is 3.51. The number of ether oxygens (including phenoxy) is 1. The zero-order valence-electron chi connectivity index (χ0n) is 9.08. The molecule has 0 saturated carbocycles. The molecular weight excluding hydrogens is 220 g/mol. The fourth-order valence-corrected chi connectivity index (χ4v) is 1.41. The monoisotopic (exact) mass is 232 g/mol. The summed E-state index contributed by atoms with van der Waals surface area (Å²) in [6.07, 6.45) is 0.445. The van der Waals surface area contributed by atoms with Crippen LogP contribution in [0.5, 0.6) is 0 Å². The van der Waals surface area contributed by atoms with Crippen LogP contribution in [0.15, 0.2) is 53.1 Å². The van der Waals surface area contributed by atoms with Crippen LogP contribution in [-0.4, -0.2) is 17.4 Å². The summed E-state index contributed by atoms with van der Waals surface area (Å²) in [5.74, 6) is 0.0167. The molecule has 2 aromatic rings. The number of furan rings is 1. The van der Waals surface area contributed by atoms with Gasteiger partial charge in [-0.2, -0.15) is 0 Å². The molecule has 0 aliphatic carbocycles. The number of esters is 1. The summed E-state index contributed by atoms with van der Waals surface area (Å²) in [6, 6.07) is 11.9. The number of rotatable bonds is 4. The zero-order valence-corrected chi connectivity index (χ0v) is 9.08. The molecule has 2 rings (SSSR count). The van der Waals surface area contributed by atoms with Gasteiger partial charge in [-0.15, -0.1) is 0 Å². The second kappa shape index (κ2) is 5.32. The van der Waals surface area contributed by atoms with Crippen LogP contribution in [-0.2, 0) is 11.2 Å². The molecule has 0 radical (unpaired) electrons. The number of hydrogen-bond acceptors (Lipinski definition) is 4. The minimum absolute atomic E-state index is 0.144. The van der Waals surface area contributed by atoms with Crippen LogP contribution in [0.4, 0.5) is 0 Å². The Labute approximate surface area is 98.4 Å². The van der Waals surface area contributed by atoms with Gasteiger partial charge in [-0.3, -0.25) is 0 Å². The number of hydrogen-bond donors (Lipinski definition) is 1. The normalized spacial score (nSPS) is 12.1. The lowest BCUT2D eigenvalue weighted by Gasteiger charge is -2.10. The largest absolute Gasteiger partial charge is 0.469 e. The van der Waals surface area contributed by atoms with E-state index in [0.29, 0.717) is 11.3 Å². The van der Waals surface area contributed by atoms with Gasteiger partial charge in [0.05, 0.1) is 18.2 Å². The van der Waals surface area contributed by atoms with E-state index in [1.54, 1.807) is 42.5 Å². The third-order valence-corrected chi connectivity index (χ3v) is 2.21. The van der Waals surface area contributed by atoms with Gasteiger partial charge in [-0.05, 0) is 24.3 Å². The minimum Gasteiger partial charge on any atom is -0.469 e. The highest BCUT2D eigenvalue weighted by molar-refractivity contribution is 5.89. The van der Waals surface area contributed by atoms with E-state index in [4.69, 9.17) is 9.15 Å². The Hall–Kier alpha value is -2.07. The predicted molar refractivity (Wildman–Crippen MR) is 60.3 cm³/mol. The van der Waals surface area contributed by atoms with Crippen molar-refractivity contribution in [2.45, 2.75) is 12.7 Å². The predicted octanol–water partition coefficient (Wildman–Crippen LogP) is 2.00. The van der Waals surface area contributed by atoms with Crippen LogP contribution in [0.25, 0.3) is 0 Å². The number of benzene rings is 1. The number of aliphatic hydroxyl groups excluding tert-OH is 1. The van der Waals surface area contributed by atoms with Gasteiger partial charge in [0.25, 0.3) is 0 Å². The van der Waals surface area contributed by atoms with Crippen molar-refractivity contribution >= 4 is 5.97 Å². The first kappa shape index (κ1) is 11.4. The first-order chi connectivity index (χ1) is 8.25. The smallest absolute Gasteiger partial charge is 0.340 e. The molecule has 0 fully saturated rings. The quantitative estimate of drug-likeness (QED) is 0.647. The van der Waals surface area contributed by atoms with Gasteiger partial charge in [0.1, 0.15) is 5.76 Å². The second-order valence-corrected chi connectivity index (χ2v) is 3.51. The molecule has 4 nitrogen and oxygen atoms in total. The van der Waals surface area contributed by atoms with E-state index < -0.39 is 12.3 Å². The lowest BCUT2D eigenvalue weighted by Crippen LogP contribution is -2.19. The molecule has 1 N–H and O–H groups in total. The van der Waals surface area contributed by atoms with Gasteiger partial charge >= 0.3 is 5.97 Å². The van der Waals surface area contributed by atoms with E-state index in [9.17, 15) is 9.90 Å². The molecule has 0 aliphatic rings. The molecule has 1 heterocycles. The van der Waals surface area contributed by atoms with E-state index in [1.165, 1.54) is 6.26 Å². The summed E-state index contributed by atoms with van der Waals surface area (Å²) >= 11 is 0. The van der Waals surface area contributed by atoms with Crippen molar-refractivity contribution in [2.24, 2.45) is 0 Å². The van der Waals surface area contributed by atoms with Crippen LogP contribution in [0.1, 0.15) is 16.1 Å². The summed E-state index contributed by atoms with van der Waals surface area (Å²) in [4.78, 5) is 11.6. The van der Waals surface area contributed by atoms with Crippen molar-refractivity contribution in [3.05, 3.63) is 60.1 Å². The molecule has 0 aliphatic heterocycles. The van der Waals surface area contributed by atoms with E-state index in [2.05, 4.69) is 0 Å². The third kappa shape index (κ3) is 3.19. The SMILES string of the molecule is O=C(O[C@H](O)Cc1ccco1)c1ccccc1. The van der Waals surface area contributed by atoms with Gasteiger partial charge in [0.15, 0.2) is 0 Å². The average molecular weight is 232 g/mol. The Kier molecular flexibility index (Phi) is 3.57. The molecule has 1 aromatic heterocycles. The molecule has 4 heteroatoms. The molecule has 1 aromatic carbocycles. The average Bonchev–Trinajstić information content (AvgIpc) is 2.82. The lowest BCUT2D eigenvalue weighted by atomic mass is 10.2. The highest BCUT2D eigenvalue weighted by Gasteiger charge is 2.14. The maximum Gasteiger partial charge on any atom is 0.340 e. The molecule has 0 bridgehead atoms. The summed E-state index contributed by atoms with van der Waals surface area (Å²) < 4.78 is 9.91. The Bertz CT molecular complexity index is 461. The van der Waals surface area contributed by atoms with Crippen molar-refractivity contribution < 1.29 is 19.1 Å². The van der Waals surface area contributed by atoms with Crippen molar-refractivity contribution in [2.75, 3.05) is 0 Å². The Morgan fingerprint density at radius 1 is 1.24 bits per heavy atom. The van der Waals surface area contributed by atoms with Crippen LogP contribution < -0.4 is 0 Å².